The molecule has 0 bridgehead atoms. The summed E-state index contributed by atoms with van der Waals surface area (Å²) in [6.07, 6.45) is 1.59. The van der Waals surface area contributed by atoms with Gasteiger partial charge in [0.2, 0.25) is 10.0 Å². The lowest BCUT2D eigenvalue weighted by atomic mass is 10.2. The summed E-state index contributed by atoms with van der Waals surface area (Å²) in [5, 5.41) is 4.04. The summed E-state index contributed by atoms with van der Waals surface area (Å²) in [4.78, 5) is -0.151. The minimum atomic E-state index is -3.85. The molecule has 0 saturated carbocycles. The van der Waals surface area contributed by atoms with Crippen molar-refractivity contribution in [1.29, 1.82) is 0 Å². The van der Waals surface area contributed by atoms with Gasteiger partial charge in [0, 0.05) is 36.1 Å². The second-order valence-corrected chi connectivity index (χ2v) is 6.56. The number of hydrogen-bond acceptors (Lipinski definition) is 4. The SMILES string of the molecule is Cc1c(F)cc(N)cc1S(=O)(=O)NCc1cnn(C)c1C. The van der Waals surface area contributed by atoms with Crippen molar-refractivity contribution in [1.82, 2.24) is 14.5 Å². The van der Waals surface area contributed by atoms with Crippen molar-refractivity contribution < 1.29 is 12.8 Å². The third kappa shape index (κ3) is 3.06. The van der Waals surface area contributed by atoms with Gasteiger partial charge in [0.15, 0.2) is 0 Å². The van der Waals surface area contributed by atoms with Crippen molar-refractivity contribution in [2.45, 2.75) is 25.3 Å². The van der Waals surface area contributed by atoms with Gasteiger partial charge in [-0.05, 0) is 26.0 Å². The molecular weight excluding hydrogens is 295 g/mol. The standard InChI is InChI=1S/C13H17FN4O2S/c1-8-12(14)4-11(15)5-13(8)21(19,20)17-7-10-6-16-18(3)9(10)2/h4-6,17H,7,15H2,1-3H3. The summed E-state index contributed by atoms with van der Waals surface area (Å²) in [6.45, 7) is 3.32. The van der Waals surface area contributed by atoms with Crippen LogP contribution in [-0.2, 0) is 23.6 Å². The van der Waals surface area contributed by atoms with E-state index < -0.39 is 15.8 Å². The highest BCUT2D eigenvalue weighted by atomic mass is 32.2. The second-order valence-electron chi connectivity index (χ2n) is 4.83. The second kappa shape index (κ2) is 5.45. The Kier molecular flexibility index (Phi) is 4.02. The van der Waals surface area contributed by atoms with E-state index in [0.29, 0.717) is 0 Å². The number of nitrogens with one attached hydrogen (secondary N) is 1. The molecule has 0 aliphatic carbocycles. The maximum Gasteiger partial charge on any atom is 0.241 e. The molecule has 1 aromatic heterocycles. The highest BCUT2D eigenvalue weighted by Crippen LogP contribution is 2.22. The molecule has 0 atom stereocenters. The normalized spacial score (nSPS) is 11.8. The molecule has 2 rings (SSSR count). The quantitative estimate of drug-likeness (QED) is 0.831. The van der Waals surface area contributed by atoms with E-state index >= 15 is 0 Å². The van der Waals surface area contributed by atoms with Crippen LogP contribution in [0.1, 0.15) is 16.8 Å². The lowest BCUT2D eigenvalue weighted by molar-refractivity contribution is 0.574. The van der Waals surface area contributed by atoms with E-state index in [1.54, 1.807) is 17.9 Å². The molecule has 6 nitrogen and oxygen atoms in total. The van der Waals surface area contributed by atoms with Gasteiger partial charge in [-0.25, -0.2) is 17.5 Å². The van der Waals surface area contributed by atoms with E-state index in [2.05, 4.69) is 9.82 Å². The molecule has 1 aromatic carbocycles. The maximum absolute atomic E-state index is 13.6. The van der Waals surface area contributed by atoms with Crippen molar-refractivity contribution in [3.05, 3.63) is 41.0 Å². The topological polar surface area (TPSA) is 90.0 Å². The van der Waals surface area contributed by atoms with Crippen LogP contribution in [0, 0.1) is 19.7 Å². The predicted octanol–water partition coefficient (Wildman–Crippen LogP) is 1.24. The van der Waals surface area contributed by atoms with E-state index in [9.17, 15) is 12.8 Å². The minimum Gasteiger partial charge on any atom is -0.399 e. The third-order valence-electron chi connectivity index (χ3n) is 3.40. The zero-order valence-electron chi connectivity index (χ0n) is 12.0. The van der Waals surface area contributed by atoms with Gasteiger partial charge in [-0.3, -0.25) is 4.68 Å². The average molecular weight is 312 g/mol. The Hall–Kier alpha value is -1.93. The van der Waals surface area contributed by atoms with Gasteiger partial charge in [0.25, 0.3) is 0 Å². The van der Waals surface area contributed by atoms with Crippen molar-refractivity contribution >= 4 is 15.7 Å². The smallest absolute Gasteiger partial charge is 0.241 e. The van der Waals surface area contributed by atoms with Gasteiger partial charge in [0.1, 0.15) is 5.82 Å². The summed E-state index contributed by atoms with van der Waals surface area (Å²) in [5.74, 6) is -0.645. The van der Waals surface area contributed by atoms with Gasteiger partial charge in [-0.15, -0.1) is 0 Å². The fourth-order valence-corrected chi connectivity index (χ4v) is 3.21. The molecule has 0 spiro atoms. The largest absolute Gasteiger partial charge is 0.399 e. The van der Waals surface area contributed by atoms with Gasteiger partial charge in [0.05, 0.1) is 11.1 Å². The van der Waals surface area contributed by atoms with E-state index in [0.717, 1.165) is 17.3 Å². The number of halogens is 1. The summed E-state index contributed by atoms with van der Waals surface area (Å²) < 4.78 is 42.3. The Morgan fingerprint density at radius 1 is 1.38 bits per heavy atom. The molecule has 0 aliphatic heterocycles. The average Bonchev–Trinajstić information content (AvgIpc) is 2.72. The Bertz CT molecular complexity index is 784. The molecule has 8 heteroatoms. The molecule has 2 aromatic rings. The fraction of sp³-hybridized carbons (Fsp3) is 0.308. The first-order chi connectivity index (χ1) is 9.72. The Balaban J connectivity index is 2.29. The molecule has 0 aliphatic rings. The molecule has 0 radical (unpaired) electrons. The summed E-state index contributed by atoms with van der Waals surface area (Å²) in [6, 6.07) is 2.34. The molecule has 21 heavy (non-hydrogen) atoms. The Morgan fingerprint density at radius 3 is 2.62 bits per heavy atom. The third-order valence-corrected chi connectivity index (χ3v) is 4.93. The van der Waals surface area contributed by atoms with E-state index in [1.807, 2.05) is 6.92 Å². The number of nitrogens with zero attached hydrogens (tertiary/aromatic N) is 2. The van der Waals surface area contributed by atoms with Crippen LogP contribution in [0.4, 0.5) is 10.1 Å². The maximum atomic E-state index is 13.6. The molecule has 114 valence electrons. The van der Waals surface area contributed by atoms with Crippen LogP contribution < -0.4 is 10.5 Å². The molecule has 1 heterocycles. The number of rotatable bonds is 4. The first-order valence-corrected chi connectivity index (χ1v) is 7.73. The molecule has 3 N–H and O–H groups in total. The highest BCUT2D eigenvalue weighted by molar-refractivity contribution is 7.89. The first-order valence-electron chi connectivity index (χ1n) is 6.25. The van der Waals surface area contributed by atoms with E-state index in [-0.39, 0.29) is 22.7 Å². The molecule has 0 saturated heterocycles. The first kappa shape index (κ1) is 15.5. The molecule has 0 unspecified atom stereocenters. The van der Waals surface area contributed by atoms with Gasteiger partial charge < -0.3 is 5.73 Å². The number of aryl methyl sites for hydroxylation is 1. The minimum absolute atomic E-state index is 0.0413. The summed E-state index contributed by atoms with van der Waals surface area (Å²) in [7, 11) is -2.08. The van der Waals surface area contributed by atoms with Crippen LogP contribution in [0.5, 0.6) is 0 Å². The number of anilines is 1. The number of benzene rings is 1. The lowest BCUT2D eigenvalue weighted by Crippen LogP contribution is -2.24. The number of hydrogen-bond donors (Lipinski definition) is 2. The lowest BCUT2D eigenvalue weighted by Gasteiger charge is -2.11. The van der Waals surface area contributed by atoms with E-state index in [4.69, 9.17) is 5.73 Å². The Morgan fingerprint density at radius 2 is 2.05 bits per heavy atom. The Labute approximate surface area is 122 Å². The molecule has 0 fully saturated rings. The van der Waals surface area contributed by atoms with Crippen LogP contribution in [0.3, 0.4) is 0 Å². The van der Waals surface area contributed by atoms with Gasteiger partial charge >= 0.3 is 0 Å². The zero-order chi connectivity index (χ0) is 15.8. The number of aromatic nitrogens is 2. The van der Waals surface area contributed by atoms with Crippen LogP contribution in [0.15, 0.2) is 23.2 Å². The number of sulfonamides is 1. The van der Waals surface area contributed by atoms with Gasteiger partial charge in [-0.1, -0.05) is 0 Å². The van der Waals surface area contributed by atoms with Crippen molar-refractivity contribution in [3.8, 4) is 0 Å². The summed E-state index contributed by atoms with van der Waals surface area (Å²) >= 11 is 0. The molecular formula is C13H17FN4O2S. The fourth-order valence-electron chi connectivity index (χ4n) is 1.92. The highest BCUT2D eigenvalue weighted by Gasteiger charge is 2.20. The van der Waals surface area contributed by atoms with Crippen molar-refractivity contribution in [2.24, 2.45) is 7.05 Å². The van der Waals surface area contributed by atoms with E-state index in [1.165, 1.54) is 13.0 Å². The number of nitrogen functional groups attached to an aromatic ring is 1. The monoisotopic (exact) mass is 312 g/mol. The van der Waals surface area contributed by atoms with Crippen molar-refractivity contribution in [3.63, 3.8) is 0 Å². The van der Waals surface area contributed by atoms with Gasteiger partial charge in [-0.2, -0.15) is 5.10 Å². The van der Waals surface area contributed by atoms with Crippen LogP contribution >= 0.6 is 0 Å². The molecule has 0 amide bonds. The van der Waals surface area contributed by atoms with Crippen LogP contribution in [-0.4, -0.2) is 18.2 Å². The predicted molar refractivity (Wildman–Crippen MR) is 77.5 cm³/mol. The number of nitrogens with two attached hydrogens (primary N) is 1. The van der Waals surface area contributed by atoms with Crippen molar-refractivity contribution in [2.75, 3.05) is 5.73 Å². The summed E-state index contributed by atoms with van der Waals surface area (Å²) in [5.41, 5.74) is 7.23. The van der Waals surface area contributed by atoms with Crippen LogP contribution in [0.2, 0.25) is 0 Å². The van der Waals surface area contributed by atoms with Crippen LogP contribution in [0.25, 0.3) is 0 Å². The zero-order valence-corrected chi connectivity index (χ0v) is 12.8.